The van der Waals surface area contributed by atoms with Gasteiger partial charge in [0.2, 0.25) is 0 Å². The molecule has 0 amide bonds. The average molecular weight is 298 g/mol. The van der Waals surface area contributed by atoms with Crippen molar-refractivity contribution in [3.63, 3.8) is 0 Å². The largest absolute Gasteiger partial charge is 0.507 e. The molecule has 4 nitrogen and oxygen atoms in total. The predicted molar refractivity (Wildman–Crippen MR) is 91.1 cm³/mol. The van der Waals surface area contributed by atoms with E-state index in [-0.39, 0.29) is 13.2 Å². The SMILES string of the molecule is C.CC.COc1ccc(C=Nc2ccc(C#N)cc2)c(O)c1. The molecule has 0 aromatic heterocycles. The minimum absolute atomic E-state index is 0. The summed E-state index contributed by atoms with van der Waals surface area (Å²) >= 11 is 0. The van der Waals surface area contributed by atoms with Crippen LogP contribution in [-0.4, -0.2) is 18.4 Å². The summed E-state index contributed by atoms with van der Waals surface area (Å²) < 4.78 is 5.00. The molecule has 1 N–H and O–H groups in total. The van der Waals surface area contributed by atoms with Crippen LogP contribution in [0.1, 0.15) is 32.4 Å². The molecule has 2 rings (SSSR count). The van der Waals surface area contributed by atoms with Crippen LogP contribution in [0.15, 0.2) is 47.5 Å². The highest BCUT2D eigenvalue weighted by atomic mass is 16.5. The van der Waals surface area contributed by atoms with Crippen LogP contribution >= 0.6 is 0 Å². The highest BCUT2D eigenvalue weighted by molar-refractivity contribution is 5.85. The van der Waals surface area contributed by atoms with E-state index in [0.717, 1.165) is 0 Å². The summed E-state index contributed by atoms with van der Waals surface area (Å²) in [5.74, 6) is 0.699. The number of aromatic hydroxyl groups is 1. The van der Waals surface area contributed by atoms with E-state index in [0.29, 0.717) is 22.6 Å². The molecule has 0 saturated carbocycles. The average Bonchev–Trinajstić information content (AvgIpc) is 2.56. The molecule has 0 spiro atoms. The van der Waals surface area contributed by atoms with Crippen LogP contribution in [0, 0.1) is 11.3 Å². The second-order valence-corrected chi connectivity index (χ2v) is 3.84. The van der Waals surface area contributed by atoms with Crippen molar-refractivity contribution in [1.29, 1.82) is 5.26 Å². The highest BCUT2D eigenvalue weighted by Gasteiger charge is 2.00. The Kier molecular flexibility index (Phi) is 8.73. The van der Waals surface area contributed by atoms with Gasteiger partial charge in [-0.2, -0.15) is 5.26 Å². The fraction of sp³-hybridized carbons (Fsp3) is 0.222. The van der Waals surface area contributed by atoms with Gasteiger partial charge in [0.05, 0.1) is 24.4 Å². The quantitative estimate of drug-likeness (QED) is 0.836. The molecule has 2 aromatic rings. The van der Waals surface area contributed by atoms with Crippen molar-refractivity contribution in [3.8, 4) is 17.6 Å². The molecule has 0 aliphatic rings. The Morgan fingerprint density at radius 3 is 2.27 bits per heavy atom. The molecule has 0 atom stereocenters. The van der Waals surface area contributed by atoms with E-state index < -0.39 is 0 Å². The van der Waals surface area contributed by atoms with Crippen LogP contribution in [0.25, 0.3) is 0 Å². The highest BCUT2D eigenvalue weighted by Crippen LogP contribution is 2.22. The number of nitrogens with zero attached hydrogens (tertiary/aromatic N) is 2. The third kappa shape index (κ3) is 5.29. The molecule has 0 heterocycles. The zero-order chi connectivity index (χ0) is 15.7. The Hall–Kier alpha value is -2.80. The number of benzene rings is 2. The lowest BCUT2D eigenvalue weighted by atomic mass is 10.2. The Morgan fingerprint density at radius 1 is 1.14 bits per heavy atom. The van der Waals surface area contributed by atoms with Gasteiger partial charge in [-0.3, -0.25) is 4.99 Å². The van der Waals surface area contributed by atoms with Crippen molar-refractivity contribution in [1.82, 2.24) is 0 Å². The minimum atomic E-state index is 0. The number of hydrogen-bond donors (Lipinski definition) is 1. The van der Waals surface area contributed by atoms with Gasteiger partial charge < -0.3 is 9.84 Å². The summed E-state index contributed by atoms with van der Waals surface area (Å²) in [7, 11) is 1.54. The van der Waals surface area contributed by atoms with E-state index in [1.165, 1.54) is 6.07 Å². The Balaban J connectivity index is 0.00000141. The summed E-state index contributed by atoms with van der Waals surface area (Å²) in [5.41, 5.74) is 1.91. The van der Waals surface area contributed by atoms with Gasteiger partial charge in [0.15, 0.2) is 0 Å². The van der Waals surface area contributed by atoms with E-state index >= 15 is 0 Å². The Bertz CT molecular complexity index is 641. The monoisotopic (exact) mass is 298 g/mol. The number of methoxy groups -OCH3 is 1. The van der Waals surface area contributed by atoms with Gasteiger partial charge in [-0.15, -0.1) is 0 Å². The van der Waals surface area contributed by atoms with Crippen molar-refractivity contribution < 1.29 is 9.84 Å². The molecule has 4 heteroatoms. The van der Waals surface area contributed by atoms with E-state index in [1.807, 2.05) is 19.9 Å². The van der Waals surface area contributed by atoms with E-state index in [4.69, 9.17) is 10.00 Å². The zero-order valence-corrected chi connectivity index (χ0v) is 12.4. The molecule has 22 heavy (non-hydrogen) atoms. The number of ether oxygens (including phenoxy) is 1. The normalized spacial score (nSPS) is 9.18. The van der Waals surface area contributed by atoms with Crippen LogP contribution < -0.4 is 4.74 Å². The fourth-order valence-electron chi connectivity index (χ4n) is 1.53. The second kappa shape index (κ2) is 10.0. The predicted octanol–water partition coefficient (Wildman–Crippen LogP) is 4.69. The number of phenolic OH excluding ortho intramolecular Hbond substituents is 1. The number of hydrogen-bond acceptors (Lipinski definition) is 4. The summed E-state index contributed by atoms with van der Waals surface area (Å²) in [5, 5.41) is 18.5. The Morgan fingerprint density at radius 2 is 1.77 bits per heavy atom. The molecule has 0 saturated heterocycles. The van der Waals surface area contributed by atoms with Gasteiger partial charge >= 0.3 is 0 Å². The van der Waals surface area contributed by atoms with Gasteiger partial charge in [-0.1, -0.05) is 21.3 Å². The smallest absolute Gasteiger partial charge is 0.128 e. The zero-order valence-electron chi connectivity index (χ0n) is 12.4. The van der Waals surface area contributed by atoms with E-state index in [2.05, 4.69) is 4.99 Å². The first-order chi connectivity index (χ1) is 10.2. The molecule has 0 aliphatic heterocycles. The maximum atomic E-state index is 9.77. The summed E-state index contributed by atoms with van der Waals surface area (Å²) in [4.78, 5) is 4.23. The van der Waals surface area contributed by atoms with Crippen molar-refractivity contribution >= 4 is 11.9 Å². The first-order valence-corrected chi connectivity index (χ1v) is 6.64. The van der Waals surface area contributed by atoms with Gasteiger partial charge in [0, 0.05) is 17.8 Å². The van der Waals surface area contributed by atoms with Gasteiger partial charge in [-0.05, 0) is 36.4 Å². The molecular weight excluding hydrogens is 276 g/mol. The van der Waals surface area contributed by atoms with Gasteiger partial charge in [0.25, 0.3) is 0 Å². The van der Waals surface area contributed by atoms with Crippen molar-refractivity contribution in [3.05, 3.63) is 53.6 Å². The maximum Gasteiger partial charge on any atom is 0.128 e. The van der Waals surface area contributed by atoms with Gasteiger partial charge in [-0.25, -0.2) is 0 Å². The van der Waals surface area contributed by atoms with Crippen molar-refractivity contribution in [2.75, 3.05) is 7.11 Å². The number of rotatable bonds is 3. The molecular formula is C18H22N2O2. The topological polar surface area (TPSA) is 65.6 Å². The van der Waals surface area contributed by atoms with E-state index in [1.54, 1.807) is 49.7 Å². The summed E-state index contributed by atoms with van der Waals surface area (Å²) in [6.07, 6.45) is 1.57. The third-order valence-corrected chi connectivity index (χ3v) is 2.59. The lowest BCUT2D eigenvalue weighted by Gasteiger charge is -2.02. The molecule has 0 aliphatic carbocycles. The minimum Gasteiger partial charge on any atom is -0.507 e. The first kappa shape index (κ1) is 19.2. The maximum absolute atomic E-state index is 9.77. The molecule has 0 bridgehead atoms. The lowest BCUT2D eigenvalue weighted by molar-refractivity contribution is 0.407. The summed E-state index contributed by atoms with van der Waals surface area (Å²) in [6, 6.07) is 13.9. The molecule has 2 aromatic carbocycles. The number of phenols is 1. The van der Waals surface area contributed by atoms with Gasteiger partial charge in [0.1, 0.15) is 11.5 Å². The molecule has 0 radical (unpaired) electrons. The summed E-state index contributed by atoms with van der Waals surface area (Å²) in [6.45, 7) is 4.00. The van der Waals surface area contributed by atoms with Crippen LogP contribution in [-0.2, 0) is 0 Å². The lowest BCUT2D eigenvalue weighted by Crippen LogP contribution is -1.86. The fourth-order valence-corrected chi connectivity index (χ4v) is 1.53. The van der Waals surface area contributed by atoms with Crippen molar-refractivity contribution in [2.24, 2.45) is 4.99 Å². The Labute approximate surface area is 132 Å². The molecule has 0 unspecified atom stereocenters. The first-order valence-electron chi connectivity index (χ1n) is 6.64. The third-order valence-electron chi connectivity index (χ3n) is 2.59. The van der Waals surface area contributed by atoms with Crippen LogP contribution in [0.2, 0.25) is 0 Å². The van der Waals surface area contributed by atoms with Crippen LogP contribution in [0.3, 0.4) is 0 Å². The van der Waals surface area contributed by atoms with Crippen LogP contribution in [0.4, 0.5) is 5.69 Å². The number of aliphatic imine (C=N–C) groups is 1. The second-order valence-electron chi connectivity index (χ2n) is 3.84. The van der Waals surface area contributed by atoms with Crippen molar-refractivity contribution in [2.45, 2.75) is 21.3 Å². The van der Waals surface area contributed by atoms with E-state index in [9.17, 15) is 5.11 Å². The standard InChI is InChI=1S/C15H12N2O2.C2H6.CH4/c1-19-14-7-4-12(15(18)8-14)10-17-13-5-2-11(9-16)3-6-13;1-2;/h2-8,10,18H,1H3;1-2H3;1H4. The molecule has 116 valence electrons. The van der Waals surface area contributed by atoms with Crippen LogP contribution in [0.5, 0.6) is 11.5 Å². The molecule has 0 fully saturated rings. The number of nitriles is 1.